The zero-order valence-corrected chi connectivity index (χ0v) is 11.7. The molecule has 0 unspecified atom stereocenters. The molecule has 1 saturated carbocycles. The molecule has 0 aromatic carbocycles. The topological polar surface area (TPSA) is 46.3 Å². The van der Waals surface area contributed by atoms with E-state index in [2.05, 4.69) is 20.8 Å². The first kappa shape index (κ1) is 14.5. The van der Waals surface area contributed by atoms with Crippen molar-refractivity contribution in [1.82, 2.24) is 4.90 Å². The first-order valence-electron chi connectivity index (χ1n) is 6.96. The van der Waals surface area contributed by atoms with Gasteiger partial charge in [0.25, 0.3) is 0 Å². The standard InChI is InChI=1S/C14H28N2O/c1-4-16(11-14(2,3)10-15)13(17)9-12-7-5-6-8-12/h12H,4-11,15H2,1-3H3. The van der Waals surface area contributed by atoms with Crippen molar-refractivity contribution in [1.29, 1.82) is 0 Å². The Labute approximate surface area is 106 Å². The van der Waals surface area contributed by atoms with Gasteiger partial charge in [0.05, 0.1) is 0 Å². The highest BCUT2D eigenvalue weighted by molar-refractivity contribution is 5.76. The van der Waals surface area contributed by atoms with Crippen LogP contribution in [0.3, 0.4) is 0 Å². The number of hydrogen-bond donors (Lipinski definition) is 1. The van der Waals surface area contributed by atoms with Gasteiger partial charge in [0, 0.05) is 19.5 Å². The molecule has 0 aliphatic heterocycles. The fourth-order valence-corrected chi connectivity index (χ4v) is 2.55. The number of hydrogen-bond acceptors (Lipinski definition) is 2. The highest BCUT2D eigenvalue weighted by atomic mass is 16.2. The zero-order valence-electron chi connectivity index (χ0n) is 11.7. The minimum absolute atomic E-state index is 0.0291. The molecule has 0 aromatic heterocycles. The molecule has 0 radical (unpaired) electrons. The van der Waals surface area contributed by atoms with Gasteiger partial charge in [-0.2, -0.15) is 0 Å². The molecule has 1 amide bonds. The van der Waals surface area contributed by atoms with Crippen LogP contribution in [-0.4, -0.2) is 30.4 Å². The van der Waals surface area contributed by atoms with Crippen molar-refractivity contribution in [2.45, 2.75) is 52.9 Å². The first-order chi connectivity index (χ1) is 7.98. The van der Waals surface area contributed by atoms with Crippen molar-refractivity contribution in [2.24, 2.45) is 17.1 Å². The Morgan fingerprint density at radius 2 is 1.94 bits per heavy atom. The van der Waals surface area contributed by atoms with E-state index in [1.165, 1.54) is 25.7 Å². The third kappa shape index (κ3) is 4.66. The summed E-state index contributed by atoms with van der Waals surface area (Å²) in [5, 5.41) is 0. The minimum Gasteiger partial charge on any atom is -0.342 e. The van der Waals surface area contributed by atoms with Gasteiger partial charge in [-0.1, -0.05) is 26.7 Å². The summed E-state index contributed by atoms with van der Waals surface area (Å²) < 4.78 is 0. The van der Waals surface area contributed by atoms with Gasteiger partial charge in [-0.25, -0.2) is 0 Å². The summed E-state index contributed by atoms with van der Waals surface area (Å²) >= 11 is 0. The molecule has 0 atom stereocenters. The summed E-state index contributed by atoms with van der Waals surface area (Å²) in [5.74, 6) is 0.957. The lowest BCUT2D eigenvalue weighted by molar-refractivity contribution is -0.133. The smallest absolute Gasteiger partial charge is 0.222 e. The number of amides is 1. The van der Waals surface area contributed by atoms with Crippen molar-refractivity contribution in [2.75, 3.05) is 19.6 Å². The third-order valence-electron chi connectivity index (χ3n) is 3.84. The van der Waals surface area contributed by atoms with E-state index in [1.807, 2.05) is 4.90 Å². The molecule has 3 heteroatoms. The summed E-state index contributed by atoms with van der Waals surface area (Å²) in [4.78, 5) is 14.2. The first-order valence-corrected chi connectivity index (χ1v) is 6.96. The van der Waals surface area contributed by atoms with Gasteiger partial charge in [-0.3, -0.25) is 4.79 Å². The Kier molecular flexibility index (Phi) is 5.44. The molecule has 17 heavy (non-hydrogen) atoms. The zero-order chi connectivity index (χ0) is 12.9. The van der Waals surface area contributed by atoms with E-state index in [1.54, 1.807) is 0 Å². The summed E-state index contributed by atoms with van der Waals surface area (Å²) in [7, 11) is 0. The molecular weight excluding hydrogens is 212 g/mol. The Balaban J connectivity index is 2.45. The Hall–Kier alpha value is -0.570. The fourth-order valence-electron chi connectivity index (χ4n) is 2.55. The van der Waals surface area contributed by atoms with Crippen molar-refractivity contribution in [3.05, 3.63) is 0 Å². The van der Waals surface area contributed by atoms with E-state index < -0.39 is 0 Å². The van der Waals surface area contributed by atoms with Crippen LogP contribution >= 0.6 is 0 Å². The van der Waals surface area contributed by atoms with Crippen LogP contribution in [-0.2, 0) is 4.79 Å². The van der Waals surface area contributed by atoms with Crippen LogP contribution in [0.25, 0.3) is 0 Å². The van der Waals surface area contributed by atoms with Gasteiger partial charge in [-0.15, -0.1) is 0 Å². The maximum Gasteiger partial charge on any atom is 0.222 e. The lowest BCUT2D eigenvalue weighted by Gasteiger charge is -2.31. The van der Waals surface area contributed by atoms with Crippen LogP contribution in [0.5, 0.6) is 0 Å². The molecule has 1 aliphatic rings. The molecule has 1 aliphatic carbocycles. The largest absolute Gasteiger partial charge is 0.342 e. The maximum atomic E-state index is 12.2. The fraction of sp³-hybridized carbons (Fsp3) is 0.929. The minimum atomic E-state index is 0.0291. The normalized spacial score (nSPS) is 17.4. The van der Waals surface area contributed by atoms with Gasteiger partial charge in [0.15, 0.2) is 0 Å². The molecule has 1 fully saturated rings. The van der Waals surface area contributed by atoms with Gasteiger partial charge in [-0.05, 0) is 37.6 Å². The number of nitrogens with two attached hydrogens (primary N) is 1. The summed E-state index contributed by atoms with van der Waals surface area (Å²) in [6, 6.07) is 0. The van der Waals surface area contributed by atoms with E-state index in [0.717, 1.165) is 19.5 Å². The van der Waals surface area contributed by atoms with Gasteiger partial charge in [0.2, 0.25) is 5.91 Å². The van der Waals surface area contributed by atoms with Crippen LogP contribution in [0.4, 0.5) is 0 Å². The van der Waals surface area contributed by atoms with Gasteiger partial charge < -0.3 is 10.6 Å². The predicted molar refractivity (Wildman–Crippen MR) is 71.7 cm³/mol. The molecular formula is C14H28N2O. The molecule has 0 spiro atoms. The highest BCUT2D eigenvalue weighted by Crippen LogP contribution is 2.28. The molecule has 3 nitrogen and oxygen atoms in total. The van der Waals surface area contributed by atoms with E-state index >= 15 is 0 Å². The quantitative estimate of drug-likeness (QED) is 0.775. The number of carbonyl (C=O) groups excluding carboxylic acids is 1. The van der Waals surface area contributed by atoms with Crippen LogP contribution in [0.15, 0.2) is 0 Å². The van der Waals surface area contributed by atoms with E-state index in [-0.39, 0.29) is 5.41 Å². The van der Waals surface area contributed by atoms with Crippen LogP contribution in [0.1, 0.15) is 52.9 Å². The monoisotopic (exact) mass is 240 g/mol. The summed E-state index contributed by atoms with van der Waals surface area (Å²) in [5.41, 5.74) is 5.76. The Morgan fingerprint density at radius 3 is 2.41 bits per heavy atom. The lowest BCUT2D eigenvalue weighted by atomic mass is 9.92. The summed E-state index contributed by atoms with van der Waals surface area (Å²) in [6.45, 7) is 8.51. The van der Waals surface area contributed by atoms with Crippen molar-refractivity contribution in [3.63, 3.8) is 0 Å². The predicted octanol–water partition coefficient (Wildman–Crippen LogP) is 2.40. The van der Waals surface area contributed by atoms with Crippen LogP contribution in [0.2, 0.25) is 0 Å². The average molecular weight is 240 g/mol. The van der Waals surface area contributed by atoms with E-state index in [0.29, 0.717) is 18.4 Å². The number of carbonyl (C=O) groups is 1. The SMILES string of the molecule is CCN(CC(C)(C)CN)C(=O)CC1CCCC1. The number of rotatable bonds is 6. The van der Waals surface area contributed by atoms with Crippen molar-refractivity contribution in [3.8, 4) is 0 Å². The maximum absolute atomic E-state index is 12.2. The molecule has 2 N–H and O–H groups in total. The van der Waals surface area contributed by atoms with Crippen LogP contribution in [0, 0.1) is 11.3 Å². The molecule has 0 bridgehead atoms. The molecule has 0 saturated heterocycles. The van der Waals surface area contributed by atoms with Crippen molar-refractivity contribution < 1.29 is 4.79 Å². The van der Waals surface area contributed by atoms with E-state index in [4.69, 9.17) is 5.73 Å². The lowest BCUT2D eigenvalue weighted by Crippen LogP contribution is -2.42. The second-order valence-electron chi connectivity index (χ2n) is 6.13. The summed E-state index contributed by atoms with van der Waals surface area (Å²) in [6.07, 6.45) is 5.83. The van der Waals surface area contributed by atoms with Gasteiger partial charge >= 0.3 is 0 Å². The van der Waals surface area contributed by atoms with Crippen LogP contribution < -0.4 is 5.73 Å². The second-order valence-corrected chi connectivity index (χ2v) is 6.13. The molecule has 100 valence electrons. The van der Waals surface area contributed by atoms with Crippen molar-refractivity contribution >= 4 is 5.91 Å². The Bertz CT molecular complexity index is 245. The number of nitrogens with zero attached hydrogens (tertiary/aromatic N) is 1. The second kappa shape index (κ2) is 6.39. The third-order valence-corrected chi connectivity index (χ3v) is 3.84. The Morgan fingerprint density at radius 1 is 1.35 bits per heavy atom. The molecule has 0 aromatic rings. The average Bonchev–Trinajstić information content (AvgIpc) is 2.78. The van der Waals surface area contributed by atoms with E-state index in [9.17, 15) is 4.79 Å². The molecule has 0 heterocycles. The highest BCUT2D eigenvalue weighted by Gasteiger charge is 2.25. The molecule has 1 rings (SSSR count). The van der Waals surface area contributed by atoms with Gasteiger partial charge in [0.1, 0.15) is 0 Å².